The molecule has 0 atom stereocenters. The van der Waals surface area contributed by atoms with E-state index in [1.807, 2.05) is 0 Å². The summed E-state index contributed by atoms with van der Waals surface area (Å²) in [6.45, 7) is 0. The lowest BCUT2D eigenvalue weighted by Crippen LogP contribution is -2.31. The summed E-state index contributed by atoms with van der Waals surface area (Å²) in [5.74, 6) is 0. The van der Waals surface area contributed by atoms with Crippen LogP contribution in [0.3, 0.4) is 0 Å². The summed E-state index contributed by atoms with van der Waals surface area (Å²) in [5, 5.41) is 34.6. The second kappa shape index (κ2) is 12.0. The molecule has 0 aliphatic rings. The molecule has 10 nitrogen and oxygen atoms in total. The van der Waals surface area contributed by atoms with Gasteiger partial charge in [0.05, 0.1) is 31.7 Å². The standard InChI is InChI=1S/C28H22N2.ClH.2NO3/c1-29-23-15-7-3-11-19(23)27(20-12-4-8-16-24(20)29)28-21-13-5-9-17-25(21)30(2)26-18-10-6-14-22(26)28;;2*2-1(3)4/h3-18H,1-2H3;1H;;/q+2;;2*-1. The van der Waals surface area contributed by atoms with E-state index in [4.69, 9.17) is 30.6 Å². The Morgan fingerprint density at radius 1 is 0.462 bits per heavy atom. The number of aryl methyl sites for hydroxylation is 2. The van der Waals surface area contributed by atoms with Crippen molar-refractivity contribution in [1.29, 1.82) is 0 Å². The molecule has 0 N–H and O–H groups in total. The molecule has 0 saturated carbocycles. The summed E-state index contributed by atoms with van der Waals surface area (Å²) in [6, 6.07) is 35.0. The maximum Gasteiger partial charge on any atom is 0.213 e. The van der Waals surface area contributed by atoms with Crippen molar-refractivity contribution in [3.8, 4) is 11.1 Å². The quantitative estimate of drug-likeness (QED) is 0.114. The van der Waals surface area contributed by atoms with E-state index in [9.17, 15) is 0 Å². The molecule has 11 heteroatoms. The van der Waals surface area contributed by atoms with Gasteiger partial charge in [-0.05, 0) is 24.3 Å². The summed E-state index contributed by atoms with van der Waals surface area (Å²) in [5.41, 5.74) is 7.60. The fraction of sp³-hybridized carbons (Fsp3) is 0.0714. The fourth-order valence-electron chi connectivity index (χ4n) is 5.00. The first-order valence-corrected chi connectivity index (χ1v) is 11.4. The summed E-state index contributed by atoms with van der Waals surface area (Å²) in [4.78, 5) is 16.5. The van der Waals surface area contributed by atoms with Crippen LogP contribution in [0.2, 0.25) is 0 Å². The third-order valence-electron chi connectivity index (χ3n) is 6.39. The molecule has 6 aromatic rings. The zero-order valence-corrected chi connectivity index (χ0v) is 21.7. The summed E-state index contributed by atoms with van der Waals surface area (Å²) in [6.07, 6.45) is 0. The number of para-hydroxylation sites is 4. The first-order valence-electron chi connectivity index (χ1n) is 11.4. The zero-order chi connectivity index (χ0) is 27.4. The van der Waals surface area contributed by atoms with Crippen LogP contribution in [-0.2, 0) is 14.1 Å². The van der Waals surface area contributed by atoms with Crippen molar-refractivity contribution in [3.05, 3.63) is 128 Å². The van der Waals surface area contributed by atoms with Crippen molar-refractivity contribution in [2.45, 2.75) is 0 Å². The Kier molecular flexibility index (Phi) is 8.74. The van der Waals surface area contributed by atoms with E-state index in [1.54, 1.807) is 0 Å². The Morgan fingerprint density at radius 3 is 0.846 bits per heavy atom. The smallest absolute Gasteiger partial charge is 0.213 e. The molecular formula is C28H23ClN4O6. The SMILES string of the molecule is C[n+]1c2ccccc2c(-c2c3ccccc3[n+](C)c3ccccc23)c2ccccc21.Cl.O=[N+]([O-])[O-].O=[N+]([O-])[O-]. The minimum absolute atomic E-state index is 0. The number of rotatable bonds is 1. The van der Waals surface area contributed by atoms with Crippen LogP contribution in [0.1, 0.15) is 0 Å². The third kappa shape index (κ3) is 5.60. The number of nitrogens with zero attached hydrogens (tertiary/aromatic N) is 4. The lowest BCUT2D eigenvalue weighted by atomic mass is 9.90. The number of benzene rings is 4. The van der Waals surface area contributed by atoms with E-state index >= 15 is 0 Å². The number of aromatic nitrogens is 2. The van der Waals surface area contributed by atoms with Crippen molar-refractivity contribution < 1.29 is 19.3 Å². The van der Waals surface area contributed by atoms with Crippen LogP contribution >= 0.6 is 12.4 Å². The average Bonchev–Trinajstić information content (AvgIpc) is 2.90. The zero-order valence-electron chi connectivity index (χ0n) is 20.9. The van der Waals surface area contributed by atoms with Crippen molar-refractivity contribution in [2.24, 2.45) is 14.1 Å². The first-order chi connectivity index (χ1) is 18.2. The van der Waals surface area contributed by atoms with Gasteiger partial charge in [-0.25, -0.2) is 0 Å². The Labute approximate surface area is 228 Å². The Hall–Kier alpha value is -5.09. The first kappa shape index (κ1) is 28.5. The van der Waals surface area contributed by atoms with E-state index in [0.29, 0.717) is 0 Å². The predicted octanol–water partition coefficient (Wildman–Crippen LogP) is 5.56. The molecule has 2 aromatic heterocycles. The minimum Gasteiger partial charge on any atom is -0.356 e. The normalized spacial score (nSPS) is 10.2. The summed E-state index contributed by atoms with van der Waals surface area (Å²) in [7, 11) is 4.32. The van der Waals surface area contributed by atoms with Crippen LogP contribution in [0.25, 0.3) is 54.7 Å². The molecule has 39 heavy (non-hydrogen) atoms. The van der Waals surface area contributed by atoms with Gasteiger partial charge in [-0.15, -0.1) is 12.4 Å². The van der Waals surface area contributed by atoms with Crippen molar-refractivity contribution >= 4 is 56.0 Å². The lowest BCUT2D eigenvalue weighted by molar-refractivity contribution is -0.617. The largest absolute Gasteiger partial charge is 0.356 e. The van der Waals surface area contributed by atoms with Gasteiger partial charge >= 0.3 is 0 Å². The molecular weight excluding hydrogens is 524 g/mol. The van der Waals surface area contributed by atoms with Crippen LogP contribution < -0.4 is 9.13 Å². The number of halogens is 1. The van der Waals surface area contributed by atoms with E-state index < -0.39 is 10.2 Å². The van der Waals surface area contributed by atoms with Gasteiger partial charge in [-0.3, -0.25) is 0 Å². The molecule has 4 aromatic carbocycles. The second-order valence-corrected chi connectivity index (χ2v) is 8.38. The summed E-state index contributed by atoms with van der Waals surface area (Å²) >= 11 is 0. The highest BCUT2D eigenvalue weighted by molar-refractivity contribution is 6.18. The van der Waals surface area contributed by atoms with Crippen LogP contribution in [0.15, 0.2) is 97.1 Å². The van der Waals surface area contributed by atoms with Gasteiger partial charge < -0.3 is 30.6 Å². The van der Waals surface area contributed by atoms with Crippen LogP contribution in [0.4, 0.5) is 0 Å². The molecule has 2 heterocycles. The monoisotopic (exact) mass is 546 g/mol. The van der Waals surface area contributed by atoms with Crippen molar-refractivity contribution in [2.75, 3.05) is 0 Å². The molecule has 0 unspecified atom stereocenters. The third-order valence-corrected chi connectivity index (χ3v) is 6.39. The number of pyridine rings is 2. The van der Waals surface area contributed by atoms with Gasteiger partial charge in [-0.2, -0.15) is 9.13 Å². The van der Waals surface area contributed by atoms with Crippen LogP contribution in [0, 0.1) is 30.6 Å². The Morgan fingerprint density at radius 2 is 0.641 bits per heavy atom. The van der Waals surface area contributed by atoms with Gasteiger partial charge in [0.1, 0.15) is 14.1 Å². The lowest BCUT2D eigenvalue weighted by Gasteiger charge is -2.14. The number of hydrogen-bond donors (Lipinski definition) is 0. The van der Waals surface area contributed by atoms with Crippen molar-refractivity contribution in [3.63, 3.8) is 0 Å². The second-order valence-electron chi connectivity index (χ2n) is 8.38. The Bertz CT molecular complexity index is 1590. The van der Waals surface area contributed by atoms with E-state index in [2.05, 4.69) is 120 Å². The molecule has 0 aliphatic carbocycles. The maximum atomic E-state index is 8.25. The van der Waals surface area contributed by atoms with Crippen LogP contribution in [0.5, 0.6) is 0 Å². The van der Waals surface area contributed by atoms with Gasteiger partial charge in [0, 0.05) is 35.4 Å². The molecule has 0 aliphatic heterocycles. The molecule has 0 amide bonds. The number of hydrogen-bond acceptors (Lipinski definition) is 6. The molecule has 198 valence electrons. The van der Waals surface area contributed by atoms with E-state index in [0.717, 1.165) is 0 Å². The molecule has 0 saturated heterocycles. The Balaban J connectivity index is 0.000000416. The average molecular weight is 547 g/mol. The van der Waals surface area contributed by atoms with Gasteiger partial charge in [0.2, 0.25) is 22.1 Å². The highest BCUT2D eigenvalue weighted by Gasteiger charge is 2.24. The predicted molar refractivity (Wildman–Crippen MR) is 152 cm³/mol. The molecule has 0 spiro atoms. The maximum absolute atomic E-state index is 8.25. The van der Waals surface area contributed by atoms with Gasteiger partial charge in [0.25, 0.3) is 0 Å². The molecule has 6 rings (SSSR count). The molecule has 0 bridgehead atoms. The molecule has 0 fully saturated rings. The fourth-order valence-corrected chi connectivity index (χ4v) is 5.00. The van der Waals surface area contributed by atoms with Gasteiger partial charge in [0.15, 0.2) is 0 Å². The highest BCUT2D eigenvalue weighted by Crippen LogP contribution is 2.40. The molecule has 0 radical (unpaired) electrons. The highest BCUT2D eigenvalue weighted by atomic mass is 35.5. The van der Waals surface area contributed by atoms with E-state index in [1.165, 1.54) is 54.7 Å². The summed E-state index contributed by atoms with van der Waals surface area (Å²) < 4.78 is 4.61. The minimum atomic E-state index is -1.75. The van der Waals surface area contributed by atoms with Crippen LogP contribution in [-0.4, -0.2) is 10.2 Å². The van der Waals surface area contributed by atoms with Crippen molar-refractivity contribution in [1.82, 2.24) is 0 Å². The number of fused-ring (bicyclic) bond motifs is 4. The van der Waals surface area contributed by atoms with Gasteiger partial charge in [-0.1, -0.05) is 48.5 Å². The van der Waals surface area contributed by atoms with E-state index in [-0.39, 0.29) is 12.4 Å². The topological polar surface area (TPSA) is 140 Å².